The Kier molecular flexibility index (Phi) is 3.77. The molecule has 0 fully saturated rings. The van der Waals surface area contributed by atoms with Crippen LogP contribution < -0.4 is 0 Å². The highest BCUT2D eigenvalue weighted by Gasteiger charge is 2.38. The first-order valence-electron chi connectivity index (χ1n) is 5.82. The van der Waals surface area contributed by atoms with Crippen LogP contribution in [0.25, 0.3) is 0 Å². The van der Waals surface area contributed by atoms with Crippen molar-refractivity contribution in [3.05, 3.63) is 41.7 Å². The predicted octanol–water partition coefficient (Wildman–Crippen LogP) is 1.11. The number of terminal acetylenes is 1. The minimum atomic E-state index is -1.75. The van der Waals surface area contributed by atoms with Crippen molar-refractivity contribution in [1.82, 2.24) is 20.2 Å². The third kappa shape index (κ3) is 2.51. The highest BCUT2D eigenvalue weighted by molar-refractivity contribution is 5.28. The Labute approximate surface area is 114 Å². The molecule has 20 heavy (non-hydrogen) atoms. The van der Waals surface area contributed by atoms with Gasteiger partial charge in [0.2, 0.25) is 0 Å². The van der Waals surface area contributed by atoms with Gasteiger partial charge >= 0.3 is 0 Å². The minimum Gasteiger partial charge on any atom is -0.382 e. The van der Waals surface area contributed by atoms with Gasteiger partial charge in [-0.25, -0.2) is 13.5 Å². The van der Waals surface area contributed by atoms with Crippen LogP contribution in [-0.2, 0) is 12.1 Å². The maximum Gasteiger partial charge on any atom is 0.138 e. The summed E-state index contributed by atoms with van der Waals surface area (Å²) >= 11 is 0. The molecular weight excluding hydrogens is 266 g/mol. The van der Waals surface area contributed by atoms with Crippen molar-refractivity contribution in [3.8, 4) is 12.3 Å². The first-order valence-corrected chi connectivity index (χ1v) is 5.82. The number of aliphatic hydroxyl groups is 1. The first kappa shape index (κ1) is 14.1. The molecule has 2 atom stereocenters. The molecular formula is C13H12F2N4O. The number of nitrogens with zero attached hydrogens (tertiary/aromatic N) is 4. The summed E-state index contributed by atoms with van der Waals surface area (Å²) in [6.45, 7) is 1.42. The zero-order chi connectivity index (χ0) is 14.8. The second kappa shape index (κ2) is 5.35. The number of benzene rings is 1. The molecule has 0 radical (unpaired) electrons. The van der Waals surface area contributed by atoms with Gasteiger partial charge in [-0.3, -0.25) is 0 Å². The second-order valence-corrected chi connectivity index (χ2v) is 4.44. The lowest BCUT2D eigenvalue weighted by molar-refractivity contribution is -0.0194. The number of hydrogen-bond acceptors (Lipinski definition) is 4. The number of aromatic nitrogens is 4. The summed E-state index contributed by atoms with van der Waals surface area (Å²) in [6.07, 6.45) is 6.61. The number of tetrazole rings is 1. The quantitative estimate of drug-likeness (QED) is 0.851. The molecule has 1 aromatic heterocycles. The van der Waals surface area contributed by atoms with Gasteiger partial charge < -0.3 is 5.11 Å². The Hall–Kier alpha value is -2.33. The minimum absolute atomic E-state index is 0.0974. The maximum atomic E-state index is 13.9. The third-order valence-corrected chi connectivity index (χ3v) is 3.16. The summed E-state index contributed by atoms with van der Waals surface area (Å²) in [5.41, 5.74) is -1.85. The molecule has 1 aromatic carbocycles. The molecule has 0 amide bonds. The molecule has 0 aliphatic carbocycles. The lowest BCUT2D eigenvalue weighted by Crippen LogP contribution is -2.38. The Bertz CT molecular complexity index is 638. The van der Waals surface area contributed by atoms with E-state index in [1.165, 1.54) is 17.1 Å². The SMILES string of the molecule is C#C[C@H](C)C(O)(Cn1cnnn1)c1ccc(F)cc1F. The van der Waals surface area contributed by atoms with Crippen LogP contribution in [0.15, 0.2) is 24.5 Å². The van der Waals surface area contributed by atoms with E-state index >= 15 is 0 Å². The summed E-state index contributed by atoms with van der Waals surface area (Å²) < 4.78 is 28.2. The van der Waals surface area contributed by atoms with Crippen molar-refractivity contribution < 1.29 is 13.9 Å². The fourth-order valence-electron chi connectivity index (χ4n) is 1.93. The zero-order valence-electron chi connectivity index (χ0n) is 10.7. The Morgan fingerprint density at radius 3 is 2.80 bits per heavy atom. The molecule has 1 N–H and O–H groups in total. The monoisotopic (exact) mass is 278 g/mol. The van der Waals surface area contributed by atoms with Gasteiger partial charge in [-0.15, -0.1) is 17.4 Å². The van der Waals surface area contributed by atoms with Crippen LogP contribution in [0, 0.1) is 29.9 Å². The van der Waals surface area contributed by atoms with E-state index in [1.54, 1.807) is 6.92 Å². The summed E-state index contributed by atoms with van der Waals surface area (Å²) in [7, 11) is 0. The fraction of sp³-hybridized carbons (Fsp3) is 0.308. The van der Waals surface area contributed by atoms with E-state index in [-0.39, 0.29) is 12.1 Å². The topological polar surface area (TPSA) is 63.8 Å². The Morgan fingerprint density at radius 1 is 1.50 bits per heavy atom. The van der Waals surface area contributed by atoms with Gasteiger partial charge in [0.25, 0.3) is 0 Å². The van der Waals surface area contributed by atoms with Gasteiger partial charge in [0, 0.05) is 11.6 Å². The van der Waals surface area contributed by atoms with Crippen molar-refractivity contribution in [2.24, 2.45) is 5.92 Å². The van der Waals surface area contributed by atoms with Gasteiger partial charge in [-0.05, 0) is 23.4 Å². The molecule has 1 unspecified atom stereocenters. The Morgan fingerprint density at radius 2 is 2.25 bits per heavy atom. The second-order valence-electron chi connectivity index (χ2n) is 4.44. The molecule has 0 saturated carbocycles. The number of hydrogen-bond donors (Lipinski definition) is 1. The molecule has 104 valence electrons. The lowest BCUT2D eigenvalue weighted by Gasteiger charge is -2.31. The molecule has 2 aromatic rings. The molecule has 0 bridgehead atoms. The maximum absolute atomic E-state index is 13.9. The van der Waals surface area contributed by atoms with Crippen LogP contribution in [0.3, 0.4) is 0 Å². The van der Waals surface area contributed by atoms with E-state index in [0.29, 0.717) is 6.07 Å². The molecule has 0 aliphatic rings. The van der Waals surface area contributed by atoms with Crippen LogP contribution >= 0.6 is 0 Å². The van der Waals surface area contributed by atoms with Gasteiger partial charge in [0.05, 0.1) is 12.5 Å². The smallest absolute Gasteiger partial charge is 0.138 e. The molecule has 0 spiro atoms. The molecule has 5 nitrogen and oxygen atoms in total. The van der Waals surface area contributed by atoms with Crippen molar-refractivity contribution in [2.75, 3.05) is 0 Å². The van der Waals surface area contributed by atoms with Crippen LogP contribution in [0.5, 0.6) is 0 Å². The summed E-state index contributed by atoms with van der Waals surface area (Å²) in [4.78, 5) is 0. The zero-order valence-corrected chi connectivity index (χ0v) is 10.7. The molecule has 1 heterocycles. The largest absolute Gasteiger partial charge is 0.382 e. The number of halogens is 2. The van der Waals surface area contributed by atoms with Crippen molar-refractivity contribution >= 4 is 0 Å². The summed E-state index contributed by atoms with van der Waals surface area (Å²) in [5, 5.41) is 21.3. The van der Waals surface area contributed by atoms with Gasteiger partial charge in [-0.2, -0.15) is 0 Å². The van der Waals surface area contributed by atoms with E-state index in [0.717, 1.165) is 6.07 Å². The lowest BCUT2D eigenvalue weighted by atomic mass is 9.82. The van der Waals surface area contributed by atoms with Crippen LogP contribution in [-0.4, -0.2) is 25.3 Å². The van der Waals surface area contributed by atoms with Crippen LogP contribution in [0.4, 0.5) is 8.78 Å². The van der Waals surface area contributed by atoms with Gasteiger partial charge in [0.15, 0.2) is 0 Å². The van der Waals surface area contributed by atoms with E-state index in [4.69, 9.17) is 6.42 Å². The molecule has 2 rings (SSSR count). The number of rotatable bonds is 4. The molecule has 0 saturated heterocycles. The molecule has 7 heteroatoms. The standard InChI is InChI=1S/C13H12F2N4O/c1-3-9(2)13(20,7-19-8-16-17-18-19)11-5-4-10(14)6-12(11)15/h1,4-6,8-9,20H,7H2,2H3/t9-,13?/m0/s1. The van der Waals surface area contributed by atoms with Crippen molar-refractivity contribution in [1.29, 1.82) is 0 Å². The third-order valence-electron chi connectivity index (χ3n) is 3.16. The van der Waals surface area contributed by atoms with Crippen molar-refractivity contribution in [2.45, 2.75) is 19.1 Å². The van der Waals surface area contributed by atoms with Crippen LogP contribution in [0.2, 0.25) is 0 Å². The Balaban J connectivity index is 2.49. The molecule has 0 aliphatic heterocycles. The highest BCUT2D eigenvalue weighted by Crippen LogP contribution is 2.33. The predicted molar refractivity (Wildman–Crippen MR) is 66.1 cm³/mol. The fourth-order valence-corrected chi connectivity index (χ4v) is 1.93. The van der Waals surface area contributed by atoms with E-state index < -0.39 is 23.2 Å². The normalized spacial score (nSPS) is 15.3. The first-order chi connectivity index (χ1) is 9.47. The van der Waals surface area contributed by atoms with E-state index in [1.807, 2.05) is 0 Å². The van der Waals surface area contributed by atoms with E-state index in [9.17, 15) is 13.9 Å². The van der Waals surface area contributed by atoms with Crippen LogP contribution in [0.1, 0.15) is 12.5 Å². The summed E-state index contributed by atoms with van der Waals surface area (Å²) in [5.74, 6) is 0.0314. The highest BCUT2D eigenvalue weighted by atomic mass is 19.1. The van der Waals surface area contributed by atoms with Gasteiger partial charge in [-0.1, -0.05) is 6.07 Å². The van der Waals surface area contributed by atoms with Gasteiger partial charge in [0.1, 0.15) is 23.6 Å². The summed E-state index contributed by atoms with van der Waals surface area (Å²) in [6, 6.07) is 2.93. The van der Waals surface area contributed by atoms with Crippen molar-refractivity contribution in [3.63, 3.8) is 0 Å². The average Bonchev–Trinajstić information content (AvgIpc) is 2.90. The average molecular weight is 278 g/mol. The van der Waals surface area contributed by atoms with E-state index in [2.05, 4.69) is 21.4 Å².